The van der Waals surface area contributed by atoms with Crippen molar-refractivity contribution in [3.8, 4) is 0 Å². The Bertz CT molecular complexity index is 174. The molecule has 0 aromatic carbocycles. The van der Waals surface area contributed by atoms with E-state index in [1.165, 1.54) is 6.42 Å². The molecule has 4 heteroatoms. The Morgan fingerprint density at radius 2 is 2.00 bits per heavy atom. The molecule has 2 N–H and O–H groups in total. The Kier molecular flexibility index (Phi) is 3.38. The van der Waals surface area contributed by atoms with E-state index in [-0.39, 0.29) is 6.23 Å². The molecule has 82 valence electrons. The Morgan fingerprint density at radius 3 is 2.57 bits per heavy atom. The quantitative estimate of drug-likeness (QED) is 0.617. The Hall–Kier alpha value is -0.160. The zero-order chi connectivity index (χ0) is 9.97. The second-order valence-electron chi connectivity index (χ2n) is 4.46. The fraction of sp³-hybridized carbons (Fsp3) is 1.00. The lowest BCUT2D eigenvalue weighted by atomic mass is 10.1. The summed E-state index contributed by atoms with van der Waals surface area (Å²) in [5.41, 5.74) is 0. The third-order valence-electron chi connectivity index (χ3n) is 3.37. The molecule has 0 spiro atoms. The van der Waals surface area contributed by atoms with Gasteiger partial charge in [-0.15, -0.1) is 0 Å². The number of rotatable bonds is 2. The molecule has 0 saturated carbocycles. The molecule has 0 aliphatic carbocycles. The molecule has 2 fully saturated rings. The van der Waals surface area contributed by atoms with Crippen molar-refractivity contribution in [3.05, 3.63) is 0 Å². The molecule has 0 radical (unpaired) electrons. The Labute approximate surface area is 85.9 Å². The molecule has 0 bridgehead atoms. The minimum Gasteiger partial charge on any atom is -0.377 e. The first kappa shape index (κ1) is 10.4. The van der Waals surface area contributed by atoms with Crippen LogP contribution in [0.4, 0.5) is 0 Å². The van der Waals surface area contributed by atoms with Crippen LogP contribution >= 0.6 is 0 Å². The molecule has 2 unspecified atom stereocenters. The van der Waals surface area contributed by atoms with Crippen LogP contribution in [0.3, 0.4) is 0 Å². The molecule has 2 heterocycles. The van der Waals surface area contributed by atoms with Gasteiger partial charge in [-0.3, -0.25) is 4.90 Å². The van der Waals surface area contributed by atoms with E-state index < -0.39 is 0 Å². The van der Waals surface area contributed by atoms with Crippen molar-refractivity contribution in [3.63, 3.8) is 0 Å². The van der Waals surface area contributed by atoms with Crippen molar-refractivity contribution in [1.29, 1.82) is 0 Å². The first-order chi connectivity index (χ1) is 6.77. The van der Waals surface area contributed by atoms with Crippen molar-refractivity contribution < 1.29 is 5.11 Å². The molecular weight excluding hydrogens is 178 g/mol. The largest absolute Gasteiger partial charge is 0.377 e. The van der Waals surface area contributed by atoms with Crippen molar-refractivity contribution in [2.45, 2.75) is 25.1 Å². The number of hydrogen-bond acceptors (Lipinski definition) is 4. The molecule has 2 aliphatic rings. The van der Waals surface area contributed by atoms with E-state index in [1.807, 2.05) is 0 Å². The number of aliphatic hydroxyl groups excluding tert-OH is 1. The van der Waals surface area contributed by atoms with E-state index in [4.69, 9.17) is 0 Å². The molecule has 2 saturated heterocycles. The summed E-state index contributed by atoms with van der Waals surface area (Å²) in [5.74, 6) is 0. The predicted octanol–water partition coefficient (Wildman–Crippen LogP) is -0.696. The highest BCUT2D eigenvalue weighted by Crippen LogP contribution is 2.14. The molecule has 0 aromatic rings. The predicted molar refractivity (Wildman–Crippen MR) is 56.1 cm³/mol. The van der Waals surface area contributed by atoms with E-state index in [9.17, 15) is 5.11 Å². The van der Waals surface area contributed by atoms with E-state index in [1.54, 1.807) is 0 Å². The summed E-state index contributed by atoms with van der Waals surface area (Å²) in [7, 11) is 2.14. The van der Waals surface area contributed by atoms with Crippen LogP contribution in [0.5, 0.6) is 0 Å². The lowest BCUT2D eigenvalue weighted by Gasteiger charge is -2.37. The number of hydrogen-bond donors (Lipinski definition) is 2. The minimum absolute atomic E-state index is 0.272. The Balaban J connectivity index is 1.82. The topological polar surface area (TPSA) is 38.7 Å². The summed E-state index contributed by atoms with van der Waals surface area (Å²) in [6, 6.07) is 0.304. The third-order valence-corrected chi connectivity index (χ3v) is 3.37. The number of nitrogens with zero attached hydrogens (tertiary/aromatic N) is 2. The van der Waals surface area contributed by atoms with E-state index in [0.29, 0.717) is 6.04 Å². The maximum Gasteiger partial charge on any atom is 0.122 e. The highest BCUT2D eigenvalue weighted by atomic mass is 16.3. The first-order valence-corrected chi connectivity index (χ1v) is 5.61. The second kappa shape index (κ2) is 4.57. The van der Waals surface area contributed by atoms with Crippen LogP contribution < -0.4 is 5.32 Å². The van der Waals surface area contributed by atoms with Gasteiger partial charge in [0.15, 0.2) is 0 Å². The van der Waals surface area contributed by atoms with Crippen LogP contribution in [-0.2, 0) is 0 Å². The minimum atomic E-state index is -0.272. The molecular formula is C10H21N3O. The summed E-state index contributed by atoms with van der Waals surface area (Å²) in [6.45, 7) is 5.20. The van der Waals surface area contributed by atoms with Crippen LogP contribution in [0.1, 0.15) is 12.8 Å². The van der Waals surface area contributed by atoms with Crippen LogP contribution in [0.2, 0.25) is 0 Å². The SMILES string of the molecule is CN1CCN(C(O)C2CCCN2)CC1. The maximum atomic E-state index is 10.1. The van der Waals surface area contributed by atoms with E-state index >= 15 is 0 Å². The van der Waals surface area contributed by atoms with E-state index in [2.05, 4.69) is 22.2 Å². The van der Waals surface area contributed by atoms with Crippen LogP contribution in [0.15, 0.2) is 0 Å². The van der Waals surface area contributed by atoms with Gasteiger partial charge < -0.3 is 15.3 Å². The van der Waals surface area contributed by atoms with Crippen LogP contribution in [-0.4, -0.2) is 66.9 Å². The molecule has 2 atom stereocenters. The molecule has 0 aromatic heterocycles. The molecule has 2 aliphatic heterocycles. The average Bonchev–Trinajstić information content (AvgIpc) is 2.71. The van der Waals surface area contributed by atoms with Crippen molar-refractivity contribution in [1.82, 2.24) is 15.1 Å². The zero-order valence-electron chi connectivity index (χ0n) is 8.95. The highest BCUT2D eigenvalue weighted by molar-refractivity contribution is 4.83. The van der Waals surface area contributed by atoms with Gasteiger partial charge in [0.05, 0.1) is 0 Å². The summed E-state index contributed by atoms with van der Waals surface area (Å²) >= 11 is 0. The van der Waals surface area contributed by atoms with Crippen LogP contribution in [0.25, 0.3) is 0 Å². The van der Waals surface area contributed by atoms with Gasteiger partial charge in [0.2, 0.25) is 0 Å². The summed E-state index contributed by atoms with van der Waals surface area (Å²) in [5, 5.41) is 13.5. The Morgan fingerprint density at radius 1 is 1.29 bits per heavy atom. The second-order valence-corrected chi connectivity index (χ2v) is 4.46. The fourth-order valence-electron chi connectivity index (χ4n) is 2.31. The van der Waals surface area contributed by atoms with Gasteiger partial charge in [-0.2, -0.15) is 0 Å². The molecule has 4 nitrogen and oxygen atoms in total. The first-order valence-electron chi connectivity index (χ1n) is 5.61. The fourth-order valence-corrected chi connectivity index (χ4v) is 2.31. The van der Waals surface area contributed by atoms with Crippen LogP contribution in [0, 0.1) is 0 Å². The lowest BCUT2D eigenvalue weighted by Crippen LogP contribution is -2.54. The number of aliphatic hydroxyl groups is 1. The number of piperazine rings is 1. The molecule has 2 rings (SSSR count). The summed E-state index contributed by atoms with van der Waals surface area (Å²) in [4.78, 5) is 4.51. The van der Waals surface area contributed by atoms with Gasteiger partial charge in [0.1, 0.15) is 6.23 Å². The van der Waals surface area contributed by atoms with Gasteiger partial charge in [0, 0.05) is 32.2 Å². The van der Waals surface area contributed by atoms with Crippen molar-refractivity contribution >= 4 is 0 Å². The van der Waals surface area contributed by atoms with Crippen molar-refractivity contribution in [2.24, 2.45) is 0 Å². The zero-order valence-corrected chi connectivity index (χ0v) is 8.95. The lowest BCUT2D eigenvalue weighted by molar-refractivity contribution is -0.0405. The van der Waals surface area contributed by atoms with Crippen molar-refractivity contribution in [2.75, 3.05) is 39.8 Å². The smallest absolute Gasteiger partial charge is 0.122 e. The third kappa shape index (κ3) is 2.25. The normalized spacial score (nSPS) is 33.4. The van der Waals surface area contributed by atoms with Gasteiger partial charge in [0.25, 0.3) is 0 Å². The van der Waals surface area contributed by atoms with E-state index in [0.717, 1.165) is 39.1 Å². The highest BCUT2D eigenvalue weighted by Gasteiger charge is 2.29. The van der Waals surface area contributed by atoms with Gasteiger partial charge in [-0.1, -0.05) is 0 Å². The standard InChI is InChI=1S/C10H21N3O/c1-12-5-7-13(8-6-12)10(14)9-3-2-4-11-9/h9-11,14H,2-8H2,1H3. The maximum absolute atomic E-state index is 10.1. The molecule has 14 heavy (non-hydrogen) atoms. The average molecular weight is 199 g/mol. The van der Waals surface area contributed by atoms with Gasteiger partial charge in [-0.05, 0) is 26.4 Å². The number of nitrogens with one attached hydrogen (secondary N) is 1. The molecule has 0 amide bonds. The summed E-state index contributed by atoms with van der Waals surface area (Å²) in [6.07, 6.45) is 2.05. The van der Waals surface area contributed by atoms with Gasteiger partial charge >= 0.3 is 0 Å². The van der Waals surface area contributed by atoms with Gasteiger partial charge in [-0.25, -0.2) is 0 Å². The number of likely N-dealkylation sites (N-methyl/N-ethyl adjacent to an activating group) is 1. The monoisotopic (exact) mass is 199 g/mol. The summed E-state index contributed by atoms with van der Waals surface area (Å²) < 4.78 is 0.